The van der Waals surface area contributed by atoms with Crippen molar-refractivity contribution in [1.29, 1.82) is 0 Å². The molecule has 0 radical (unpaired) electrons. The van der Waals surface area contributed by atoms with Crippen molar-refractivity contribution in [2.45, 2.75) is 45.1 Å². The molecule has 3 heteroatoms. The molecule has 0 aromatic heterocycles. The van der Waals surface area contributed by atoms with Crippen molar-refractivity contribution in [1.82, 2.24) is 10.6 Å². The van der Waals surface area contributed by atoms with Crippen LogP contribution in [-0.2, 0) is 0 Å². The predicted molar refractivity (Wildman–Crippen MR) is 59.5 cm³/mol. The van der Waals surface area contributed by atoms with Crippen molar-refractivity contribution in [3.8, 4) is 0 Å². The third kappa shape index (κ3) is 2.02. The van der Waals surface area contributed by atoms with Gasteiger partial charge in [-0.05, 0) is 39.0 Å². The van der Waals surface area contributed by atoms with E-state index in [1.54, 1.807) is 0 Å². The van der Waals surface area contributed by atoms with Crippen LogP contribution >= 0.6 is 0 Å². The van der Waals surface area contributed by atoms with Gasteiger partial charge in [0.2, 0.25) is 0 Å². The van der Waals surface area contributed by atoms with Crippen LogP contribution in [0.15, 0.2) is 4.99 Å². The second-order valence-electron chi connectivity index (χ2n) is 4.99. The zero-order valence-corrected chi connectivity index (χ0v) is 9.27. The summed E-state index contributed by atoms with van der Waals surface area (Å²) in [7, 11) is 0. The van der Waals surface area contributed by atoms with Crippen LogP contribution in [0.3, 0.4) is 0 Å². The fraction of sp³-hybridized carbons (Fsp3) is 0.909. The highest BCUT2D eigenvalue weighted by Crippen LogP contribution is 2.35. The maximum absolute atomic E-state index is 4.45. The average Bonchev–Trinajstić information content (AvgIpc) is 2.00. The highest BCUT2D eigenvalue weighted by Gasteiger charge is 2.34. The Bertz CT molecular complexity index is 229. The summed E-state index contributed by atoms with van der Waals surface area (Å²) in [5.74, 6) is 1.84. The average molecular weight is 195 g/mol. The lowest BCUT2D eigenvalue weighted by molar-refractivity contribution is 0.178. The minimum atomic E-state index is 0.210. The molecule has 0 aromatic rings. The van der Waals surface area contributed by atoms with Crippen LogP contribution in [0, 0.1) is 5.92 Å². The van der Waals surface area contributed by atoms with Gasteiger partial charge in [0.1, 0.15) is 0 Å². The molecule has 0 bridgehead atoms. The molecule has 1 aliphatic heterocycles. The lowest BCUT2D eigenvalue weighted by Crippen LogP contribution is -2.55. The van der Waals surface area contributed by atoms with E-state index in [9.17, 15) is 0 Å². The van der Waals surface area contributed by atoms with Crippen LogP contribution < -0.4 is 10.6 Å². The number of nitrogens with zero attached hydrogens (tertiary/aromatic N) is 1. The molecule has 14 heavy (non-hydrogen) atoms. The molecule has 1 saturated carbocycles. The van der Waals surface area contributed by atoms with E-state index in [1.807, 2.05) is 0 Å². The number of nitrogens with one attached hydrogen (secondary N) is 2. The Morgan fingerprint density at radius 1 is 1.36 bits per heavy atom. The van der Waals surface area contributed by atoms with Crippen molar-refractivity contribution in [3.05, 3.63) is 0 Å². The molecule has 80 valence electrons. The molecule has 0 amide bonds. The van der Waals surface area contributed by atoms with E-state index in [2.05, 4.69) is 29.5 Å². The van der Waals surface area contributed by atoms with Crippen LogP contribution in [0.1, 0.15) is 39.5 Å². The molecule has 0 spiro atoms. The molecule has 2 aliphatic rings. The van der Waals surface area contributed by atoms with E-state index in [-0.39, 0.29) is 5.54 Å². The number of rotatable bonds is 2. The van der Waals surface area contributed by atoms with Gasteiger partial charge in [-0.1, -0.05) is 6.42 Å². The molecule has 3 nitrogen and oxygen atoms in total. The normalized spacial score (nSPS) is 23.4. The summed E-state index contributed by atoms with van der Waals surface area (Å²) >= 11 is 0. The fourth-order valence-electron chi connectivity index (χ4n) is 2.15. The molecular weight excluding hydrogens is 174 g/mol. The van der Waals surface area contributed by atoms with Gasteiger partial charge in [0.25, 0.3) is 0 Å². The van der Waals surface area contributed by atoms with Crippen molar-refractivity contribution >= 4 is 5.96 Å². The first-order valence-corrected chi connectivity index (χ1v) is 5.75. The van der Waals surface area contributed by atoms with E-state index in [1.165, 1.54) is 19.3 Å². The molecule has 2 N–H and O–H groups in total. The van der Waals surface area contributed by atoms with Gasteiger partial charge in [0.05, 0.1) is 0 Å². The van der Waals surface area contributed by atoms with Gasteiger partial charge in [-0.2, -0.15) is 0 Å². The summed E-state index contributed by atoms with van der Waals surface area (Å²) in [6, 6.07) is 0. The molecule has 0 atom stereocenters. The van der Waals surface area contributed by atoms with Crippen molar-refractivity contribution in [2.75, 3.05) is 13.1 Å². The van der Waals surface area contributed by atoms with E-state index in [4.69, 9.17) is 0 Å². The minimum Gasteiger partial charge on any atom is -0.356 e. The summed E-state index contributed by atoms with van der Waals surface area (Å²) in [6.45, 7) is 6.61. The molecule has 1 aliphatic carbocycles. The second-order valence-corrected chi connectivity index (χ2v) is 4.99. The quantitative estimate of drug-likeness (QED) is 0.700. The Balaban J connectivity index is 1.90. The van der Waals surface area contributed by atoms with Crippen LogP contribution in [-0.4, -0.2) is 24.6 Å². The third-order valence-electron chi connectivity index (χ3n) is 3.46. The SMILES string of the molecule is CC(C)(NC1=NCCCN1)C1CCC1. The van der Waals surface area contributed by atoms with Gasteiger partial charge in [0, 0.05) is 18.6 Å². The van der Waals surface area contributed by atoms with E-state index in [0.29, 0.717) is 0 Å². The Morgan fingerprint density at radius 2 is 2.14 bits per heavy atom. The molecule has 0 unspecified atom stereocenters. The van der Waals surface area contributed by atoms with Crippen LogP contribution in [0.2, 0.25) is 0 Å². The van der Waals surface area contributed by atoms with Crippen LogP contribution in [0.4, 0.5) is 0 Å². The van der Waals surface area contributed by atoms with E-state index in [0.717, 1.165) is 31.4 Å². The summed E-state index contributed by atoms with van der Waals surface area (Å²) in [5.41, 5.74) is 0.210. The van der Waals surface area contributed by atoms with Crippen LogP contribution in [0.25, 0.3) is 0 Å². The van der Waals surface area contributed by atoms with Gasteiger partial charge >= 0.3 is 0 Å². The smallest absolute Gasteiger partial charge is 0.191 e. The molecule has 0 aromatic carbocycles. The lowest BCUT2D eigenvalue weighted by atomic mass is 9.72. The Labute approximate surface area is 86.4 Å². The zero-order chi connectivity index (χ0) is 10.0. The molecule has 1 heterocycles. The standard InChI is InChI=1S/C11H21N3/c1-11(2,9-5-3-6-9)14-10-12-7-4-8-13-10/h9H,3-8H2,1-2H3,(H2,12,13,14). The van der Waals surface area contributed by atoms with Gasteiger partial charge in [-0.25, -0.2) is 0 Å². The number of guanidine groups is 1. The van der Waals surface area contributed by atoms with Gasteiger partial charge in [-0.3, -0.25) is 4.99 Å². The van der Waals surface area contributed by atoms with Gasteiger partial charge in [0.15, 0.2) is 5.96 Å². The van der Waals surface area contributed by atoms with E-state index < -0.39 is 0 Å². The minimum absolute atomic E-state index is 0.210. The van der Waals surface area contributed by atoms with Gasteiger partial charge < -0.3 is 10.6 Å². The highest BCUT2D eigenvalue weighted by molar-refractivity contribution is 5.81. The first kappa shape index (κ1) is 9.81. The van der Waals surface area contributed by atoms with Crippen LogP contribution in [0.5, 0.6) is 0 Å². The van der Waals surface area contributed by atoms with E-state index >= 15 is 0 Å². The summed E-state index contributed by atoms with van der Waals surface area (Å²) < 4.78 is 0. The Kier molecular flexibility index (Phi) is 2.66. The monoisotopic (exact) mass is 195 g/mol. The molecule has 0 saturated heterocycles. The van der Waals surface area contributed by atoms with Crippen molar-refractivity contribution in [3.63, 3.8) is 0 Å². The first-order chi connectivity index (χ1) is 6.68. The lowest BCUT2D eigenvalue weighted by Gasteiger charge is -2.42. The van der Waals surface area contributed by atoms with Crippen molar-refractivity contribution in [2.24, 2.45) is 10.9 Å². The summed E-state index contributed by atoms with van der Waals surface area (Å²) in [5, 5.41) is 6.85. The largest absolute Gasteiger partial charge is 0.356 e. The fourth-order valence-corrected chi connectivity index (χ4v) is 2.15. The summed E-state index contributed by atoms with van der Waals surface area (Å²) in [6.07, 6.45) is 5.30. The molecule has 2 rings (SSSR count). The zero-order valence-electron chi connectivity index (χ0n) is 9.27. The second kappa shape index (κ2) is 3.79. The molecule has 1 fully saturated rings. The highest BCUT2D eigenvalue weighted by atomic mass is 15.2. The molecular formula is C11H21N3. The maximum Gasteiger partial charge on any atom is 0.191 e. The van der Waals surface area contributed by atoms with Crippen molar-refractivity contribution < 1.29 is 0 Å². The van der Waals surface area contributed by atoms with Gasteiger partial charge in [-0.15, -0.1) is 0 Å². The first-order valence-electron chi connectivity index (χ1n) is 5.75. The Hall–Kier alpha value is -0.730. The summed E-state index contributed by atoms with van der Waals surface area (Å²) in [4.78, 5) is 4.45. The number of hydrogen-bond acceptors (Lipinski definition) is 3. The number of aliphatic imine (C=N–C) groups is 1. The topological polar surface area (TPSA) is 36.4 Å². The predicted octanol–water partition coefficient (Wildman–Crippen LogP) is 1.50. The Morgan fingerprint density at radius 3 is 2.64 bits per heavy atom. The maximum atomic E-state index is 4.45. The third-order valence-corrected chi connectivity index (χ3v) is 3.46. The number of hydrogen-bond donors (Lipinski definition) is 2.